The van der Waals surface area contributed by atoms with Gasteiger partial charge in [-0.1, -0.05) is 66.2 Å². The number of allylic oxidation sites excluding steroid dienone is 2. The van der Waals surface area contributed by atoms with Crippen molar-refractivity contribution in [1.29, 1.82) is 0 Å². The van der Waals surface area contributed by atoms with Crippen molar-refractivity contribution in [3.63, 3.8) is 0 Å². The third-order valence-corrected chi connectivity index (χ3v) is 12.0. The van der Waals surface area contributed by atoms with Crippen LogP contribution in [-0.2, 0) is 25.7 Å². The zero-order valence-corrected chi connectivity index (χ0v) is 27.8. The number of amides is 4. The molecule has 1 saturated carbocycles. The number of ether oxygens (including phenoxy) is 1. The van der Waals surface area contributed by atoms with E-state index in [2.05, 4.69) is 23.1 Å². The largest absolute Gasteiger partial charge is 0.504 e. The van der Waals surface area contributed by atoms with Crippen LogP contribution in [0.2, 0.25) is 0 Å². The van der Waals surface area contributed by atoms with Crippen molar-refractivity contribution in [3.8, 4) is 11.5 Å². The Labute approximate surface area is 286 Å². The van der Waals surface area contributed by atoms with Crippen LogP contribution < -0.4 is 9.64 Å². The van der Waals surface area contributed by atoms with Crippen molar-refractivity contribution < 1.29 is 29.0 Å². The van der Waals surface area contributed by atoms with E-state index in [0.29, 0.717) is 29.8 Å². The summed E-state index contributed by atoms with van der Waals surface area (Å²) in [7, 11) is 1.48. The molecule has 0 spiro atoms. The van der Waals surface area contributed by atoms with Gasteiger partial charge in [-0.05, 0) is 73.9 Å². The Kier molecular flexibility index (Phi) is 7.70. The number of anilines is 1. The molecule has 3 heterocycles. The number of phenolic OH excluding ortho intramolecular Hbond substituents is 1. The molecule has 2 aliphatic carbocycles. The molecule has 8 rings (SSSR count). The highest BCUT2D eigenvalue weighted by Gasteiger charge is 2.67. The van der Waals surface area contributed by atoms with Gasteiger partial charge in [-0.25, -0.2) is 4.90 Å². The second-order valence-corrected chi connectivity index (χ2v) is 14.5. The second kappa shape index (κ2) is 12.0. The number of methoxy groups -OCH3 is 1. The van der Waals surface area contributed by atoms with E-state index in [4.69, 9.17) is 4.74 Å². The third kappa shape index (κ3) is 4.84. The van der Waals surface area contributed by atoms with Gasteiger partial charge in [-0.3, -0.25) is 29.0 Å². The number of para-hydroxylation sites is 1. The van der Waals surface area contributed by atoms with Crippen LogP contribution in [0.4, 0.5) is 5.69 Å². The van der Waals surface area contributed by atoms with E-state index in [9.17, 15) is 24.3 Å². The number of imide groups is 2. The summed E-state index contributed by atoms with van der Waals surface area (Å²) in [6.45, 7) is 4.29. The minimum absolute atomic E-state index is 0.0647. The van der Waals surface area contributed by atoms with Crippen LogP contribution in [0.1, 0.15) is 49.7 Å². The molecular weight excluding hydrogens is 618 g/mol. The summed E-state index contributed by atoms with van der Waals surface area (Å²) in [5.74, 6) is -3.39. The number of carbonyl (C=O) groups is 4. The number of phenols is 1. The third-order valence-electron chi connectivity index (χ3n) is 12.0. The Bertz CT molecular complexity index is 1850. The summed E-state index contributed by atoms with van der Waals surface area (Å²) in [6.07, 6.45) is 4.20. The zero-order chi connectivity index (χ0) is 34.0. The lowest BCUT2D eigenvalue weighted by Gasteiger charge is -2.49. The number of fused-ring (bicyclic) bond motifs is 4. The average Bonchev–Trinajstić information content (AvgIpc) is 3.48. The number of benzene rings is 3. The Balaban J connectivity index is 1.13. The highest BCUT2D eigenvalue weighted by atomic mass is 16.5. The molecule has 4 fully saturated rings. The lowest BCUT2D eigenvalue weighted by atomic mass is 9.51. The van der Waals surface area contributed by atoms with Crippen LogP contribution in [-0.4, -0.2) is 64.8 Å². The summed E-state index contributed by atoms with van der Waals surface area (Å²) in [4.78, 5) is 62.7. The molecule has 0 bridgehead atoms. The Morgan fingerprint density at radius 3 is 2.22 bits per heavy atom. The van der Waals surface area contributed by atoms with E-state index in [1.165, 1.54) is 17.6 Å². The van der Waals surface area contributed by atoms with Gasteiger partial charge in [0.15, 0.2) is 11.5 Å². The van der Waals surface area contributed by atoms with Crippen molar-refractivity contribution in [2.75, 3.05) is 25.1 Å². The van der Waals surface area contributed by atoms with Gasteiger partial charge >= 0.3 is 0 Å². The first kappa shape index (κ1) is 31.5. The molecule has 9 heteroatoms. The number of carbonyl (C=O) groups excluding carboxylic acids is 4. The fourth-order valence-corrected chi connectivity index (χ4v) is 9.67. The van der Waals surface area contributed by atoms with E-state index in [1.807, 2.05) is 37.3 Å². The number of rotatable bonds is 6. The molecule has 5 aliphatic rings. The molecule has 0 radical (unpaired) electrons. The first-order valence-electron chi connectivity index (χ1n) is 17.4. The van der Waals surface area contributed by atoms with E-state index in [-0.39, 0.29) is 35.4 Å². The molecule has 9 nitrogen and oxygen atoms in total. The summed E-state index contributed by atoms with van der Waals surface area (Å²) >= 11 is 0. The van der Waals surface area contributed by atoms with Gasteiger partial charge in [-0.15, -0.1) is 0 Å². The number of hydrogen-bond acceptors (Lipinski definition) is 7. The lowest BCUT2D eigenvalue weighted by molar-refractivity contribution is -0.144. The topological polar surface area (TPSA) is 107 Å². The van der Waals surface area contributed by atoms with Gasteiger partial charge in [0.1, 0.15) is 0 Å². The monoisotopic (exact) mass is 659 g/mol. The summed E-state index contributed by atoms with van der Waals surface area (Å²) in [5.41, 5.74) is 2.17. The van der Waals surface area contributed by atoms with Crippen molar-refractivity contribution in [2.24, 2.45) is 29.1 Å². The molecule has 3 aliphatic heterocycles. The fourth-order valence-electron chi connectivity index (χ4n) is 9.67. The van der Waals surface area contributed by atoms with Crippen LogP contribution >= 0.6 is 0 Å². The van der Waals surface area contributed by atoms with Crippen molar-refractivity contribution in [1.82, 2.24) is 9.80 Å². The Hall–Kier alpha value is -4.76. The van der Waals surface area contributed by atoms with Crippen LogP contribution in [0.5, 0.6) is 11.5 Å². The maximum atomic E-state index is 14.5. The van der Waals surface area contributed by atoms with Gasteiger partial charge in [-0.2, -0.15) is 0 Å². The number of likely N-dealkylation sites (tertiary alicyclic amines) is 2. The molecule has 0 aromatic heterocycles. The van der Waals surface area contributed by atoms with Crippen molar-refractivity contribution >= 4 is 29.3 Å². The van der Waals surface area contributed by atoms with Crippen LogP contribution in [0.15, 0.2) is 90.5 Å². The molecule has 3 aromatic rings. The van der Waals surface area contributed by atoms with Gasteiger partial charge < -0.3 is 9.84 Å². The highest BCUT2D eigenvalue weighted by Crippen LogP contribution is 2.64. The molecule has 4 amide bonds. The predicted molar refractivity (Wildman–Crippen MR) is 182 cm³/mol. The average molecular weight is 660 g/mol. The second-order valence-electron chi connectivity index (χ2n) is 14.5. The molecule has 252 valence electrons. The molecule has 49 heavy (non-hydrogen) atoms. The highest BCUT2D eigenvalue weighted by molar-refractivity contribution is 6.24. The van der Waals surface area contributed by atoms with Crippen LogP contribution in [0.3, 0.4) is 0 Å². The van der Waals surface area contributed by atoms with E-state index in [1.54, 1.807) is 41.3 Å². The van der Waals surface area contributed by atoms with Crippen LogP contribution in [0.25, 0.3) is 0 Å². The minimum atomic E-state index is -1.17. The summed E-state index contributed by atoms with van der Waals surface area (Å²) < 4.78 is 5.32. The molecule has 3 saturated heterocycles. The van der Waals surface area contributed by atoms with Gasteiger partial charge in [0.2, 0.25) is 23.6 Å². The zero-order valence-electron chi connectivity index (χ0n) is 27.8. The SMILES string of the molecule is COc1ccc([C@H]2C3=CC[C@@H]4C(=O)N(C5CCN(Cc6ccccc6)CC5)C(=O)[C@@H]4[C@@H]3C[C@H]3C(=O)N(c4ccccc4)C(=O)[C@@]23C)cc1O. The first-order chi connectivity index (χ1) is 23.7. The lowest BCUT2D eigenvalue weighted by Crippen LogP contribution is -2.49. The number of nitrogens with zero attached hydrogens (tertiary/aromatic N) is 3. The molecule has 3 aromatic carbocycles. The molecular formula is C40H41N3O6. The van der Waals surface area contributed by atoms with Crippen LogP contribution in [0, 0.1) is 29.1 Å². The minimum Gasteiger partial charge on any atom is -0.504 e. The van der Waals surface area contributed by atoms with E-state index in [0.717, 1.165) is 38.0 Å². The normalized spacial score (nSPS) is 30.2. The number of hydrogen-bond donors (Lipinski definition) is 1. The fraction of sp³-hybridized carbons (Fsp3) is 0.400. The van der Waals surface area contributed by atoms with E-state index >= 15 is 0 Å². The van der Waals surface area contributed by atoms with E-state index < -0.39 is 35.0 Å². The van der Waals surface area contributed by atoms with Gasteiger partial charge in [0.25, 0.3) is 0 Å². The summed E-state index contributed by atoms with van der Waals surface area (Å²) in [6, 6.07) is 24.2. The maximum Gasteiger partial charge on any atom is 0.241 e. The Morgan fingerprint density at radius 1 is 0.857 bits per heavy atom. The molecule has 6 atom stereocenters. The number of aromatic hydroxyl groups is 1. The molecule has 1 N–H and O–H groups in total. The maximum absolute atomic E-state index is 14.5. The number of piperidine rings is 1. The van der Waals surface area contributed by atoms with Gasteiger partial charge in [0.05, 0.1) is 36.0 Å². The standard InChI is InChI=1S/C40H41N3O6/c1-40-31(37(46)43(39(40)48)26-11-7-4-8-12-26)22-30-28(35(40)25-13-16-33(49-2)32(44)21-25)14-15-29-34(30)38(47)42(36(29)45)27-17-19-41(20-18-27)23-24-9-5-3-6-10-24/h3-14,16,21,27,29-31,34-35,44H,15,17-20,22-23H2,1-2H3/t29-,30+,31-,34-,35-,40+/m0/s1. The predicted octanol–water partition coefficient (Wildman–Crippen LogP) is 5.30. The van der Waals surface area contributed by atoms with Gasteiger partial charge in [0, 0.05) is 31.6 Å². The smallest absolute Gasteiger partial charge is 0.241 e. The quantitative estimate of drug-likeness (QED) is 0.283. The molecule has 0 unspecified atom stereocenters. The van der Waals surface area contributed by atoms with Crippen molar-refractivity contribution in [2.45, 2.75) is 51.1 Å². The summed E-state index contributed by atoms with van der Waals surface area (Å²) in [5, 5.41) is 10.9. The van der Waals surface area contributed by atoms with Crippen molar-refractivity contribution in [3.05, 3.63) is 102 Å². The first-order valence-corrected chi connectivity index (χ1v) is 17.4. The Morgan fingerprint density at radius 2 is 1.55 bits per heavy atom.